The Morgan fingerprint density at radius 2 is 2.00 bits per heavy atom. The zero-order chi connectivity index (χ0) is 15.3. The van der Waals surface area contributed by atoms with Crippen molar-refractivity contribution in [1.82, 2.24) is 10.3 Å². The van der Waals surface area contributed by atoms with E-state index >= 15 is 0 Å². The molecule has 0 aliphatic heterocycles. The van der Waals surface area contributed by atoms with Gasteiger partial charge >= 0.3 is 0 Å². The summed E-state index contributed by atoms with van der Waals surface area (Å²) in [7, 11) is -1.23. The first-order chi connectivity index (χ1) is 9.31. The van der Waals surface area contributed by atoms with Crippen LogP contribution in [0.5, 0.6) is 0 Å². The minimum Gasteiger partial charge on any atom is -0.355 e. The highest BCUT2D eigenvalue weighted by atomic mass is 32.2. The van der Waals surface area contributed by atoms with E-state index in [1.807, 2.05) is 19.2 Å². The van der Waals surface area contributed by atoms with Crippen LogP contribution in [0.4, 0.5) is 0 Å². The predicted octanol–water partition coefficient (Wildman–Crippen LogP) is 2.68. The van der Waals surface area contributed by atoms with Crippen molar-refractivity contribution < 1.29 is 9.00 Å². The number of hydrogen-bond acceptors (Lipinski definition) is 4. The SMILES string of the molecule is CC(C)CNC(=O)[C@@H](C)[S@](=O)Cc1csc(C(C)C)n1. The third-order valence-corrected chi connectivity index (χ3v) is 5.58. The molecular weight excluding hydrogens is 292 g/mol. The smallest absolute Gasteiger partial charge is 0.235 e. The zero-order valence-electron chi connectivity index (χ0n) is 12.8. The molecule has 0 radical (unpaired) electrons. The lowest BCUT2D eigenvalue weighted by Crippen LogP contribution is -2.37. The maximum Gasteiger partial charge on any atom is 0.235 e. The van der Waals surface area contributed by atoms with Crippen molar-refractivity contribution in [1.29, 1.82) is 0 Å². The average molecular weight is 316 g/mol. The van der Waals surface area contributed by atoms with Gasteiger partial charge in [0.05, 0.1) is 16.5 Å². The number of nitrogens with one attached hydrogen (secondary N) is 1. The monoisotopic (exact) mass is 316 g/mol. The van der Waals surface area contributed by atoms with Gasteiger partial charge in [-0.3, -0.25) is 9.00 Å². The molecule has 0 spiro atoms. The van der Waals surface area contributed by atoms with E-state index in [9.17, 15) is 9.00 Å². The summed E-state index contributed by atoms with van der Waals surface area (Å²) >= 11 is 1.59. The maximum atomic E-state index is 12.2. The Hall–Kier alpha value is -0.750. The fraction of sp³-hybridized carbons (Fsp3) is 0.714. The zero-order valence-corrected chi connectivity index (χ0v) is 14.4. The molecule has 0 saturated carbocycles. The van der Waals surface area contributed by atoms with Crippen LogP contribution in [-0.2, 0) is 21.3 Å². The highest BCUT2D eigenvalue weighted by molar-refractivity contribution is 7.85. The molecule has 0 unspecified atom stereocenters. The first kappa shape index (κ1) is 17.3. The van der Waals surface area contributed by atoms with Crippen molar-refractivity contribution >= 4 is 28.0 Å². The second kappa shape index (κ2) is 7.88. The van der Waals surface area contributed by atoms with Gasteiger partial charge in [0.1, 0.15) is 5.25 Å². The van der Waals surface area contributed by atoms with Crippen LogP contribution < -0.4 is 5.32 Å². The van der Waals surface area contributed by atoms with Crippen LogP contribution in [0, 0.1) is 5.92 Å². The van der Waals surface area contributed by atoms with Gasteiger partial charge in [-0.1, -0.05) is 27.7 Å². The Morgan fingerprint density at radius 1 is 1.35 bits per heavy atom. The molecule has 1 heterocycles. The molecule has 1 N–H and O–H groups in total. The van der Waals surface area contributed by atoms with E-state index in [0.29, 0.717) is 24.1 Å². The van der Waals surface area contributed by atoms with Crippen LogP contribution in [-0.4, -0.2) is 26.9 Å². The van der Waals surface area contributed by atoms with Gasteiger partial charge in [-0.2, -0.15) is 0 Å². The van der Waals surface area contributed by atoms with E-state index in [1.165, 1.54) is 0 Å². The molecule has 0 fully saturated rings. The second-order valence-corrected chi connectivity index (χ2v) is 8.29. The van der Waals surface area contributed by atoms with E-state index in [2.05, 4.69) is 24.1 Å². The summed E-state index contributed by atoms with van der Waals surface area (Å²) < 4.78 is 12.2. The van der Waals surface area contributed by atoms with Crippen molar-refractivity contribution in [2.45, 2.75) is 51.5 Å². The number of carbonyl (C=O) groups excluding carboxylic acids is 1. The average Bonchev–Trinajstić information content (AvgIpc) is 2.83. The Labute approximate surface area is 127 Å². The minimum absolute atomic E-state index is 0.142. The van der Waals surface area contributed by atoms with E-state index in [-0.39, 0.29) is 5.91 Å². The number of nitrogens with zero attached hydrogens (tertiary/aromatic N) is 1. The number of amides is 1. The fourth-order valence-electron chi connectivity index (χ4n) is 1.49. The fourth-order valence-corrected chi connectivity index (χ4v) is 3.44. The lowest BCUT2D eigenvalue weighted by Gasteiger charge is -2.12. The summed E-state index contributed by atoms with van der Waals surface area (Å²) in [5, 5.41) is 5.31. The molecule has 1 aromatic heterocycles. The third kappa shape index (κ3) is 5.32. The molecule has 1 amide bonds. The standard InChI is InChI=1S/C14H24N2O2S2/c1-9(2)6-15-13(17)11(5)20(18)8-12-7-19-14(16-12)10(3)4/h7,9-11H,6,8H2,1-5H3,(H,15,17)/t11-,20-/m1/s1. The number of rotatable bonds is 7. The molecule has 4 nitrogen and oxygen atoms in total. The summed E-state index contributed by atoms with van der Waals surface area (Å²) in [6, 6.07) is 0. The predicted molar refractivity (Wildman–Crippen MR) is 85.4 cm³/mol. The van der Waals surface area contributed by atoms with Crippen LogP contribution in [0.15, 0.2) is 5.38 Å². The minimum atomic E-state index is -1.23. The first-order valence-corrected chi connectivity index (χ1v) is 9.16. The van der Waals surface area contributed by atoms with Crippen LogP contribution in [0.3, 0.4) is 0 Å². The number of aromatic nitrogens is 1. The Kier molecular flexibility index (Phi) is 6.82. The molecule has 6 heteroatoms. The van der Waals surface area contributed by atoms with Crippen molar-refractivity contribution in [2.75, 3.05) is 6.54 Å². The van der Waals surface area contributed by atoms with Gasteiger partial charge in [0.2, 0.25) is 5.91 Å². The van der Waals surface area contributed by atoms with E-state index in [1.54, 1.807) is 18.3 Å². The van der Waals surface area contributed by atoms with E-state index in [4.69, 9.17) is 0 Å². The molecule has 0 aromatic carbocycles. The topological polar surface area (TPSA) is 59.1 Å². The molecule has 20 heavy (non-hydrogen) atoms. The molecule has 1 rings (SSSR count). The molecule has 114 valence electrons. The normalized spacial score (nSPS) is 14.6. The highest BCUT2D eigenvalue weighted by Gasteiger charge is 2.21. The molecule has 1 aromatic rings. The van der Waals surface area contributed by atoms with Crippen molar-refractivity contribution in [2.24, 2.45) is 5.92 Å². The van der Waals surface area contributed by atoms with E-state index in [0.717, 1.165) is 10.7 Å². The van der Waals surface area contributed by atoms with E-state index < -0.39 is 16.0 Å². The summed E-state index contributed by atoms with van der Waals surface area (Å²) in [6.07, 6.45) is 0. The van der Waals surface area contributed by atoms with Crippen LogP contribution in [0.25, 0.3) is 0 Å². The van der Waals surface area contributed by atoms with Crippen LogP contribution in [0.1, 0.15) is 51.2 Å². The molecule has 0 aliphatic rings. The Balaban J connectivity index is 2.54. The van der Waals surface area contributed by atoms with Crippen LogP contribution >= 0.6 is 11.3 Å². The van der Waals surface area contributed by atoms with Gasteiger partial charge in [-0.05, 0) is 12.8 Å². The highest BCUT2D eigenvalue weighted by Crippen LogP contribution is 2.20. The van der Waals surface area contributed by atoms with Gasteiger partial charge in [-0.15, -0.1) is 11.3 Å². The molecule has 2 atom stereocenters. The summed E-state index contributed by atoms with van der Waals surface area (Å²) in [4.78, 5) is 16.3. The van der Waals surface area contributed by atoms with Crippen molar-refractivity contribution in [3.05, 3.63) is 16.1 Å². The van der Waals surface area contributed by atoms with Gasteiger partial charge < -0.3 is 5.32 Å². The van der Waals surface area contributed by atoms with Crippen molar-refractivity contribution in [3.63, 3.8) is 0 Å². The molecular formula is C14H24N2O2S2. The van der Waals surface area contributed by atoms with Gasteiger partial charge in [-0.25, -0.2) is 4.98 Å². The first-order valence-electron chi connectivity index (χ1n) is 6.90. The lowest BCUT2D eigenvalue weighted by atomic mass is 10.2. The summed E-state index contributed by atoms with van der Waals surface area (Å²) in [5.74, 6) is 0.983. The number of hydrogen-bond donors (Lipinski definition) is 1. The number of thiazole rings is 1. The van der Waals surface area contributed by atoms with Gasteiger partial charge in [0.25, 0.3) is 0 Å². The van der Waals surface area contributed by atoms with Crippen LogP contribution in [0.2, 0.25) is 0 Å². The largest absolute Gasteiger partial charge is 0.355 e. The lowest BCUT2D eigenvalue weighted by molar-refractivity contribution is -0.120. The second-order valence-electron chi connectivity index (χ2n) is 5.64. The van der Waals surface area contributed by atoms with Gasteiger partial charge in [0.15, 0.2) is 0 Å². The summed E-state index contributed by atoms with van der Waals surface area (Å²) in [6.45, 7) is 10.6. The Bertz CT molecular complexity index is 469. The molecule has 0 saturated heterocycles. The Morgan fingerprint density at radius 3 is 2.50 bits per heavy atom. The maximum absolute atomic E-state index is 12.2. The molecule has 0 aliphatic carbocycles. The number of carbonyl (C=O) groups is 1. The molecule has 0 bridgehead atoms. The quantitative estimate of drug-likeness (QED) is 0.841. The third-order valence-electron chi connectivity index (χ3n) is 2.80. The summed E-state index contributed by atoms with van der Waals surface area (Å²) in [5.41, 5.74) is 0.820. The van der Waals surface area contributed by atoms with Gasteiger partial charge in [0, 0.05) is 28.6 Å². The van der Waals surface area contributed by atoms with Crippen molar-refractivity contribution in [3.8, 4) is 0 Å².